The Bertz CT molecular complexity index is 578. The Hall–Kier alpha value is -1.82. The second-order valence-electron chi connectivity index (χ2n) is 4.05. The normalized spacial score (nSPS) is 10.2. The van der Waals surface area contributed by atoms with Gasteiger partial charge < -0.3 is 14.8 Å². The molecular formula is C14H16BrN3O2. The molecule has 0 fully saturated rings. The van der Waals surface area contributed by atoms with E-state index < -0.39 is 0 Å². The van der Waals surface area contributed by atoms with Gasteiger partial charge in [0.25, 0.3) is 0 Å². The van der Waals surface area contributed by atoms with Gasteiger partial charge in [-0.1, -0.05) is 13.0 Å². The molecule has 0 bridgehead atoms. The van der Waals surface area contributed by atoms with Crippen LogP contribution in [0.2, 0.25) is 0 Å². The fourth-order valence-corrected chi connectivity index (χ4v) is 1.79. The first kappa shape index (κ1) is 14.6. The van der Waals surface area contributed by atoms with Crippen molar-refractivity contribution in [3.05, 3.63) is 34.9 Å². The summed E-state index contributed by atoms with van der Waals surface area (Å²) in [4.78, 5) is 8.51. The van der Waals surface area contributed by atoms with Crippen molar-refractivity contribution in [3.8, 4) is 17.4 Å². The van der Waals surface area contributed by atoms with Gasteiger partial charge in [-0.2, -0.15) is 4.98 Å². The van der Waals surface area contributed by atoms with Crippen molar-refractivity contribution in [3.63, 3.8) is 0 Å². The Kier molecular flexibility index (Phi) is 5.17. The molecule has 0 unspecified atom stereocenters. The van der Waals surface area contributed by atoms with E-state index in [1.807, 2.05) is 18.2 Å². The van der Waals surface area contributed by atoms with E-state index in [0.29, 0.717) is 22.1 Å². The van der Waals surface area contributed by atoms with Crippen molar-refractivity contribution < 1.29 is 9.47 Å². The van der Waals surface area contributed by atoms with E-state index in [9.17, 15) is 0 Å². The molecule has 0 aliphatic carbocycles. The van der Waals surface area contributed by atoms with Gasteiger partial charge in [0.2, 0.25) is 11.8 Å². The van der Waals surface area contributed by atoms with Gasteiger partial charge in [-0.25, -0.2) is 4.98 Å². The van der Waals surface area contributed by atoms with Crippen molar-refractivity contribution in [1.82, 2.24) is 9.97 Å². The number of methoxy groups -OCH3 is 1. The molecule has 1 heterocycles. The van der Waals surface area contributed by atoms with Crippen molar-refractivity contribution in [2.45, 2.75) is 13.3 Å². The van der Waals surface area contributed by atoms with Gasteiger partial charge in [0.05, 0.1) is 17.8 Å². The van der Waals surface area contributed by atoms with Crippen LogP contribution in [-0.2, 0) is 0 Å². The quantitative estimate of drug-likeness (QED) is 0.867. The molecule has 1 aromatic heterocycles. The molecule has 0 saturated carbocycles. The maximum Gasteiger partial charge on any atom is 0.238 e. The highest BCUT2D eigenvalue weighted by Crippen LogP contribution is 2.29. The lowest BCUT2D eigenvalue weighted by atomic mass is 10.3. The summed E-state index contributed by atoms with van der Waals surface area (Å²) in [6.07, 6.45) is 2.67. The lowest BCUT2D eigenvalue weighted by molar-refractivity contribution is 0.407. The van der Waals surface area contributed by atoms with E-state index in [2.05, 4.69) is 38.1 Å². The Labute approximate surface area is 126 Å². The molecule has 6 heteroatoms. The van der Waals surface area contributed by atoms with E-state index in [1.165, 1.54) is 0 Å². The first-order valence-corrected chi connectivity index (χ1v) is 7.10. The number of nitrogens with one attached hydrogen (secondary N) is 1. The summed E-state index contributed by atoms with van der Waals surface area (Å²) in [5.41, 5.74) is 0. The fraction of sp³-hybridized carbons (Fsp3) is 0.286. The summed E-state index contributed by atoms with van der Waals surface area (Å²) >= 11 is 3.38. The van der Waals surface area contributed by atoms with Crippen LogP contribution in [0.4, 0.5) is 5.95 Å². The van der Waals surface area contributed by atoms with E-state index in [4.69, 9.17) is 9.47 Å². The number of hydrogen-bond acceptors (Lipinski definition) is 5. The van der Waals surface area contributed by atoms with Gasteiger partial charge in [-0.05, 0) is 34.5 Å². The number of halogens is 1. The van der Waals surface area contributed by atoms with Gasteiger partial charge >= 0.3 is 0 Å². The van der Waals surface area contributed by atoms with Gasteiger partial charge in [0.1, 0.15) is 11.5 Å². The summed E-state index contributed by atoms with van der Waals surface area (Å²) in [6, 6.07) is 7.36. The van der Waals surface area contributed by atoms with E-state index in [-0.39, 0.29) is 0 Å². The number of anilines is 1. The van der Waals surface area contributed by atoms with Crippen LogP contribution in [0.1, 0.15) is 13.3 Å². The summed E-state index contributed by atoms with van der Waals surface area (Å²) in [5.74, 6) is 2.40. The largest absolute Gasteiger partial charge is 0.497 e. The zero-order valence-corrected chi connectivity index (χ0v) is 13.0. The number of benzene rings is 1. The fourth-order valence-electron chi connectivity index (χ4n) is 1.52. The number of rotatable bonds is 6. The summed E-state index contributed by atoms with van der Waals surface area (Å²) in [5, 5.41) is 3.12. The molecule has 2 rings (SSSR count). The van der Waals surface area contributed by atoms with Crippen LogP contribution < -0.4 is 14.8 Å². The monoisotopic (exact) mass is 337 g/mol. The van der Waals surface area contributed by atoms with Gasteiger partial charge in [0, 0.05) is 12.6 Å². The minimum Gasteiger partial charge on any atom is -0.497 e. The Balaban J connectivity index is 2.18. The molecule has 5 nitrogen and oxygen atoms in total. The van der Waals surface area contributed by atoms with Crippen LogP contribution in [0.25, 0.3) is 0 Å². The zero-order chi connectivity index (χ0) is 14.4. The minimum absolute atomic E-state index is 0.465. The summed E-state index contributed by atoms with van der Waals surface area (Å²) in [6.45, 7) is 2.90. The van der Waals surface area contributed by atoms with Crippen molar-refractivity contribution in [1.29, 1.82) is 0 Å². The highest BCUT2D eigenvalue weighted by Gasteiger charge is 2.08. The standard InChI is InChI=1S/C14H16BrN3O2/c1-3-7-16-14-17-9-12(15)13(18-14)20-11-6-4-5-10(8-11)19-2/h4-6,8-9H,3,7H2,1-2H3,(H,16,17,18). The molecule has 0 saturated heterocycles. The van der Waals surface area contributed by atoms with Gasteiger partial charge in [-0.15, -0.1) is 0 Å². The molecule has 1 N–H and O–H groups in total. The van der Waals surface area contributed by atoms with E-state index in [0.717, 1.165) is 18.7 Å². The molecule has 0 aliphatic rings. The maximum atomic E-state index is 5.75. The van der Waals surface area contributed by atoms with Crippen molar-refractivity contribution >= 4 is 21.9 Å². The third-order valence-electron chi connectivity index (χ3n) is 2.50. The van der Waals surface area contributed by atoms with Crippen LogP contribution in [-0.4, -0.2) is 23.6 Å². The first-order valence-electron chi connectivity index (χ1n) is 6.31. The second kappa shape index (κ2) is 7.09. The van der Waals surface area contributed by atoms with Gasteiger partial charge in [0.15, 0.2) is 0 Å². The average Bonchev–Trinajstić information content (AvgIpc) is 2.48. The summed E-state index contributed by atoms with van der Waals surface area (Å²) in [7, 11) is 1.62. The van der Waals surface area contributed by atoms with Crippen LogP contribution in [0.3, 0.4) is 0 Å². The number of hydrogen-bond donors (Lipinski definition) is 1. The van der Waals surface area contributed by atoms with Gasteiger partial charge in [-0.3, -0.25) is 0 Å². The molecule has 0 atom stereocenters. The predicted octanol–water partition coefficient (Wildman–Crippen LogP) is 3.86. The average molecular weight is 338 g/mol. The number of nitrogens with zero attached hydrogens (tertiary/aromatic N) is 2. The summed E-state index contributed by atoms with van der Waals surface area (Å²) < 4.78 is 11.6. The molecule has 1 aromatic carbocycles. The van der Waals surface area contributed by atoms with Crippen LogP contribution >= 0.6 is 15.9 Å². The van der Waals surface area contributed by atoms with Crippen LogP contribution in [0.15, 0.2) is 34.9 Å². The third-order valence-corrected chi connectivity index (χ3v) is 3.04. The van der Waals surface area contributed by atoms with Crippen LogP contribution in [0, 0.1) is 0 Å². The highest BCUT2D eigenvalue weighted by atomic mass is 79.9. The lowest BCUT2D eigenvalue weighted by Gasteiger charge is -2.09. The molecule has 0 aliphatic heterocycles. The van der Waals surface area contributed by atoms with Crippen molar-refractivity contribution in [2.75, 3.05) is 19.0 Å². The Morgan fingerprint density at radius 3 is 2.85 bits per heavy atom. The lowest BCUT2D eigenvalue weighted by Crippen LogP contribution is -2.05. The maximum absolute atomic E-state index is 5.75. The van der Waals surface area contributed by atoms with Crippen LogP contribution in [0.5, 0.6) is 17.4 Å². The molecule has 20 heavy (non-hydrogen) atoms. The highest BCUT2D eigenvalue weighted by molar-refractivity contribution is 9.10. The number of ether oxygens (including phenoxy) is 2. The predicted molar refractivity (Wildman–Crippen MR) is 81.6 cm³/mol. The first-order chi connectivity index (χ1) is 9.72. The smallest absolute Gasteiger partial charge is 0.238 e. The molecule has 2 aromatic rings. The molecule has 0 spiro atoms. The molecule has 106 valence electrons. The molecule has 0 radical (unpaired) electrons. The SMILES string of the molecule is CCCNc1ncc(Br)c(Oc2cccc(OC)c2)n1. The minimum atomic E-state index is 0.465. The number of aromatic nitrogens is 2. The molecule has 0 amide bonds. The Morgan fingerprint density at radius 1 is 1.30 bits per heavy atom. The second-order valence-corrected chi connectivity index (χ2v) is 4.91. The van der Waals surface area contributed by atoms with Crippen molar-refractivity contribution in [2.24, 2.45) is 0 Å². The topological polar surface area (TPSA) is 56.3 Å². The van der Waals surface area contributed by atoms with E-state index in [1.54, 1.807) is 19.4 Å². The zero-order valence-electron chi connectivity index (χ0n) is 11.4. The van der Waals surface area contributed by atoms with E-state index >= 15 is 0 Å². The third kappa shape index (κ3) is 3.84. The molecular weight excluding hydrogens is 322 g/mol. The Morgan fingerprint density at radius 2 is 2.10 bits per heavy atom.